The van der Waals surface area contributed by atoms with E-state index in [1.54, 1.807) is 24.3 Å². The van der Waals surface area contributed by atoms with Crippen molar-refractivity contribution in [2.75, 3.05) is 13.2 Å². The van der Waals surface area contributed by atoms with Gasteiger partial charge < -0.3 is 15.8 Å². The normalized spacial score (nSPS) is 11.6. The lowest BCUT2D eigenvalue weighted by Crippen LogP contribution is -2.40. The van der Waals surface area contributed by atoms with E-state index in [1.807, 2.05) is 20.8 Å². The minimum atomic E-state index is -0.340. The molecule has 0 saturated heterocycles. The number of nitrogens with two attached hydrogens (primary N) is 1. The van der Waals surface area contributed by atoms with Gasteiger partial charge in [-0.25, -0.2) is 4.39 Å². The van der Waals surface area contributed by atoms with Gasteiger partial charge in [0, 0.05) is 5.54 Å². The van der Waals surface area contributed by atoms with Crippen molar-refractivity contribution in [3.8, 4) is 5.75 Å². The summed E-state index contributed by atoms with van der Waals surface area (Å²) in [6.45, 7) is 6.14. The van der Waals surface area contributed by atoms with E-state index in [9.17, 15) is 9.18 Å². The van der Waals surface area contributed by atoms with Crippen molar-refractivity contribution in [1.82, 2.24) is 5.32 Å². The molecule has 0 spiro atoms. The van der Waals surface area contributed by atoms with Crippen LogP contribution in [0.5, 0.6) is 5.75 Å². The van der Waals surface area contributed by atoms with Gasteiger partial charge in [-0.05, 0) is 51.4 Å². The van der Waals surface area contributed by atoms with Gasteiger partial charge >= 0.3 is 0 Å². The SMILES string of the molecule is CC(C)(C)NC(=O)c1ccccc1OC/C(=C/F)CCN.Cl. The number of hydrogen-bond acceptors (Lipinski definition) is 3. The molecular weight excluding hydrogens is 307 g/mol. The van der Waals surface area contributed by atoms with E-state index in [0.29, 0.717) is 36.2 Å². The summed E-state index contributed by atoms with van der Waals surface area (Å²) in [6, 6.07) is 6.90. The number of carbonyl (C=O) groups is 1. The maximum atomic E-state index is 12.7. The highest BCUT2D eigenvalue weighted by atomic mass is 35.5. The van der Waals surface area contributed by atoms with Crippen molar-refractivity contribution < 1.29 is 13.9 Å². The van der Waals surface area contributed by atoms with Crippen LogP contribution in [0.3, 0.4) is 0 Å². The average Bonchev–Trinajstić information content (AvgIpc) is 2.42. The molecule has 1 rings (SSSR count). The zero-order chi connectivity index (χ0) is 15.9. The Hall–Kier alpha value is -1.59. The fourth-order valence-electron chi connectivity index (χ4n) is 1.70. The number of hydrogen-bond donors (Lipinski definition) is 2. The van der Waals surface area contributed by atoms with Gasteiger partial charge in [-0.15, -0.1) is 12.4 Å². The van der Waals surface area contributed by atoms with Crippen molar-refractivity contribution in [3.05, 3.63) is 41.7 Å². The Kier molecular flexibility index (Phi) is 8.75. The Morgan fingerprint density at radius 1 is 1.36 bits per heavy atom. The maximum absolute atomic E-state index is 12.7. The third-order valence-corrected chi connectivity index (χ3v) is 2.65. The molecule has 0 aliphatic carbocycles. The van der Waals surface area contributed by atoms with Crippen LogP contribution in [0, 0.1) is 0 Å². The van der Waals surface area contributed by atoms with Gasteiger partial charge in [0.05, 0.1) is 11.9 Å². The molecule has 0 bridgehead atoms. The summed E-state index contributed by atoms with van der Waals surface area (Å²) < 4.78 is 18.2. The van der Waals surface area contributed by atoms with Crippen LogP contribution in [-0.4, -0.2) is 24.6 Å². The Morgan fingerprint density at radius 2 is 2.00 bits per heavy atom. The molecule has 124 valence electrons. The average molecular weight is 331 g/mol. The molecule has 3 N–H and O–H groups in total. The van der Waals surface area contributed by atoms with E-state index in [0.717, 1.165) is 0 Å². The number of carbonyl (C=O) groups excluding carboxylic acids is 1. The molecule has 0 fully saturated rings. The molecule has 1 amide bonds. The highest BCUT2D eigenvalue weighted by molar-refractivity contribution is 5.97. The molecule has 1 aromatic carbocycles. The fraction of sp³-hybridized carbons (Fsp3) is 0.438. The minimum Gasteiger partial charge on any atom is -0.488 e. The Bertz CT molecular complexity index is 513. The van der Waals surface area contributed by atoms with Crippen molar-refractivity contribution in [2.24, 2.45) is 5.73 Å². The number of nitrogens with one attached hydrogen (secondary N) is 1. The van der Waals surface area contributed by atoms with Crippen LogP contribution < -0.4 is 15.8 Å². The second-order valence-corrected chi connectivity index (χ2v) is 5.79. The molecule has 6 heteroatoms. The second-order valence-electron chi connectivity index (χ2n) is 5.79. The molecule has 0 saturated carbocycles. The van der Waals surface area contributed by atoms with E-state index in [-0.39, 0.29) is 30.5 Å². The largest absolute Gasteiger partial charge is 0.488 e. The lowest BCUT2D eigenvalue weighted by atomic mass is 10.1. The summed E-state index contributed by atoms with van der Waals surface area (Å²) in [5.74, 6) is 0.207. The zero-order valence-electron chi connectivity index (χ0n) is 13.2. The Labute approximate surface area is 137 Å². The van der Waals surface area contributed by atoms with Gasteiger partial charge in [0.25, 0.3) is 5.91 Å². The second kappa shape index (κ2) is 9.43. The number of halogens is 2. The highest BCUT2D eigenvalue weighted by Crippen LogP contribution is 2.20. The van der Waals surface area contributed by atoms with Crippen LogP contribution in [0.25, 0.3) is 0 Å². The summed E-state index contributed by atoms with van der Waals surface area (Å²) in [7, 11) is 0. The molecular formula is C16H24ClFN2O2. The first-order chi connectivity index (χ1) is 9.87. The molecule has 0 atom stereocenters. The van der Waals surface area contributed by atoms with Crippen LogP contribution in [0.15, 0.2) is 36.2 Å². The standard InChI is InChI=1S/C16H23FN2O2.ClH/c1-16(2,3)19-15(20)13-6-4-5-7-14(13)21-11-12(10-17)8-9-18;/h4-7,10H,8-9,11,18H2,1-3H3,(H,19,20);1H/b12-10+;. The van der Waals surface area contributed by atoms with Gasteiger partial charge in [0.2, 0.25) is 0 Å². The van der Waals surface area contributed by atoms with E-state index in [4.69, 9.17) is 10.5 Å². The summed E-state index contributed by atoms with van der Waals surface area (Å²) in [5.41, 5.74) is 5.95. The van der Waals surface area contributed by atoms with Crippen molar-refractivity contribution in [2.45, 2.75) is 32.7 Å². The number of rotatable bonds is 6. The molecule has 0 aliphatic heterocycles. The monoisotopic (exact) mass is 330 g/mol. The topological polar surface area (TPSA) is 64.3 Å². The predicted molar refractivity (Wildman–Crippen MR) is 89.3 cm³/mol. The van der Waals surface area contributed by atoms with E-state index >= 15 is 0 Å². The first-order valence-corrected chi connectivity index (χ1v) is 6.90. The van der Waals surface area contributed by atoms with E-state index in [2.05, 4.69) is 5.32 Å². The van der Waals surface area contributed by atoms with Gasteiger partial charge in [0.15, 0.2) is 0 Å². The summed E-state index contributed by atoms with van der Waals surface area (Å²) in [6.07, 6.45) is 0.928. The first kappa shape index (κ1) is 20.4. The lowest BCUT2D eigenvalue weighted by molar-refractivity contribution is 0.0916. The summed E-state index contributed by atoms with van der Waals surface area (Å²) in [4.78, 5) is 12.2. The Balaban J connectivity index is 0.00000441. The van der Waals surface area contributed by atoms with Crippen LogP contribution in [0.2, 0.25) is 0 Å². The van der Waals surface area contributed by atoms with E-state index in [1.165, 1.54) is 0 Å². The highest BCUT2D eigenvalue weighted by Gasteiger charge is 2.18. The molecule has 4 nitrogen and oxygen atoms in total. The molecule has 0 aromatic heterocycles. The molecule has 0 heterocycles. The van der Waals surface area contributed by atoms with Crippen LogP contribution in [0.1, 0.15) is 37.6 Å². The van der Waals surface area contributed by atoms with Crippen LogP contribution in [-0.2, 0) is 0 Å². The van der Waals surface area contributed by atoms with Crippen molar-refractivity contribution in [3.63, 3.8) is 0 Å². The molecule has 0 unspecified atom stereocenters. The number of para-hydroxylation sites is 1. The molecule has 0 radical (unpaired) electrons. The quantitative estimate of drug-likeness (QED) is 0.841. The molecule has 0 aliphatic rings. The number of amides is 1. The zero-order valence-corrected chi connectivity index (χ0v) is 14.0. The third kappa shape index (κ3) is 6.91. The first-order valence-electron chi connectivity index (χ1n) is 6.90. The smallest absolute Gasteiger partial charge is 0.255 e. The van der Waals surface area contributed by atoms with Gasteiger partial charge in [-0.3, -0.25) is 4.79 Å². The van der Waals surface area contributed by atoms with Gasteiger partial charge in [-0.2, -0.15) is 0 Å². The van der Waals surface area contributed by atoms with Crippen molar-refractivity contribution in [1.29, 1.82) is 0 Å². The van der Waals surface area contributed by atoms with Crippen LogP contribution in [0.4, 0.5) is 4.39 Å². The molecule has 1 aromatic rings. The van der Waals surface area contributed by atoms with Crippen molar-refractivity contribution >= 4 is 18.3 Å². The predicted octanol–water partition coefficient (Wildman–Crippen LogP) is 3.22. The van der Waals surface area contributed by atoms with Gasteiger partial charge in [0.1, 0.15) is 12.4 Å². The fourth-order valence-corrected chi connectivity index (χ4v) is 1.70. The molecule has 22 heavy (non-hydrogen) atoms. The summed E-state index contributed by atoms with van der Waals surface area (Å²) >= 11 is 0. The minimum absolute atomic E-state index is 0. The van der Waals surface area contributed by atoms with E-state index < -0.39 is 0 Å². The summed E-state index contributed by atoms with van der Waals surface area (Å²) in [5, 5.41) is 2.87. The lowest BCUT2D eigenvalue weighted by Gasteiger charge is -2.21. The third-order valence-electron chi connectivity index (χ3n) is 2.65. The Morgan fingerprint density at radius 3 is 2.55 bits per heavy atom. The van der Waals surface area contributed by atoms with Gasteiger partial charge in [-0.1, -0.05) is 12.1 Å². The maximum Gasteiger partial charge on any atom is 0.255 e. The van der Waals surface area contributed by atoms with Crippen LogP contribution >= 0.6 is 12.4 Å². The number of ether oxygens (including phenoxy) is 1. The number of benzene rings is 1.